The molecule has 0 bridgehead atoms. The number of aryl methyl sites for hydroxylation is 1. The second-order valence-corrected chi connectivity index (χ2v) is 7.32. The summed E-state index contributed by atoms with van der Waals surface area (Å²) in [5.41, 5.74) is 0.698. The summed E-state index contributed by atoms with van der Waals surface area (Å²) < 4.78 is 1.85. The highest BCUT2D eigenvalue weighted by atomic mass is 16.4. The lowest BCUT2D eigenvalue weighted by Crippen LogP contribution is -2.38. The van der Waals surface area contributed by atoms with Crippen LogP contribution in [-0.4, -0.2) is 44.8 Å². The van der Waals surface area contributed by atoms with Crippen molar-refractivity contribution in [2.75, 3.05) is 13.1 Å². The summed E-state index contributed by atoms with van der Waals surface area (Å²) in [4.78, 5) is 26.7. The molecule has 0 spiro atoms. The van der Waals surface area contributed by atoms with Crippen LogP contribution in [0.2, 0.25) is 0 Å². The van der Waals surface area contributed by atoms with Crippen LogP contribution in [0.25, 0.3) is 0 Å². The Kier molecular flexibility index (Phi) is 4.40. The minimum Gasteiger partial charge on any atom is -0.481 e. The smallest absolute Gasteiger partial charge is 0.311 e. The van der Waals surface area contributed by atoms with Crippen LogP contribution in [0.4, 0.5) is 0 Å². The van der Waals surface area contributed by atoms with Gasteiger partial charge in [0.15, 0.2) is 0 Å². The van der Waals surface area contributed by atoms with Gasteiger partial charge in [-0.25, -0.2) is 0 Å². The number of likely N-dealkylation sites (tertiary alicyclic amines) is 1. The third kappa shape index (κ3) is 2.52. The summed E-state index contributed by atoms with van der Waals surface area (Å²) in [6, 6.07) is 2.04. The molecule has 2 heterocycles. The minimum atomic E-state index is -0.745. The Bertz CT molecular complexity index is 650. The van der Waals surface area contributed by atoms with Gasteiger partial charge in [0.2, 0.25) is 0 Å². The quantitative estimate of drug-likeness (QED) is 0.899. The summed E-state index contributed by atoms with van der Waals surface area (Å²) in [6.07, 6.45) is 4.37. The van der Waals surface area contributed by atoms with Crippen molar-refractivity contribution in [3.05, 3.63) is 17.5 Å². The molecule has 132 valence electrons. The largest absolute Gasteiger partial charge is 0.481 e. The van der Waals surface area contributed by atoms with E-state index >= 15 is 0 Å². The molecule has 3 rings (SSSR count). The fourth-order valence-electron chi connectivity index (χ4n) is 4.54. The molecule has 1 aromatic rings. The standard InChI is InChI=1S/C18H27N3O3/c1-4-14(5-2)21-15(9-12(3)19-21)16(22)20-10-13-7-6-8-18(13,11-20)17(23)24/h9,13-14H,4-8,10-11H2,1-3H3,(H,23,24)/t13-,18+/m0/s1. The highest BCUT2D eigenvalue weighted by Crippen LogP contribution is 2.49. The SMILES string of the molecule is CCC(CC)n1nc(C)cc1C(=O)N1C[C@@H]2CCC[C@@]2(C(=O)O)C1. The number of carbonyl (C=O) groups excluding carboxylic acids is 1. The van der Waals surface area contributed by atoms with Crippen LogP contribution < -0.4 is 0 Å². The van der Waals surface area contributed by atoms with Gasteiger partial charge in [0.25, 0.3) is 5.91 Å². The number of hydrogen-bond donors (Lipinski definition) is 1. The van der Waals surface area contributed by atoms with Gasteiger partial charge in [-0.2, -0.15) is 5.10 Å². The molecule has 24 heavy (non-hydrogen) atoms. The Morgan fingerprint density at radius 3 is 2.71 bits per heavy atom. The lowest BCUT2D eigenvalue weighted by atomic mass is 9.81. The van der Waals surface area contributed by atoms with Crippen LogP contribution in [0, 0.1) is 18.3 Å². The van der Waals surface area contributed by atoms with E-state index in [1.54, 1.807) is 4.90 Å². The third-order valence-corrected chi connectivity index (χ3v) is 5.95. The second kappa shape index (κ2) is 6.22. The van der Waals surface area contributed by atoms with E-state index in [0.29, 0.717) is 25.2 Å². The first-order valence-electron chi connectivity index (χ1n) is 9.01. The number of carbonyl (C=O) groups is 2. The van der Waals surface area contributed by atoms with Gasteiger partial charge in [0.05, 0.1) is 17.2 Å². The van der Waals surface area contributed by atoms with Gasteiger partial charge in [0.1, 0.15) is 5.69 Å². The van der Waals surface area contributed by atoms with E-state index in [1.165, 1.54) is 0 Å². The summed E-state index contributed by atoms with van der Waals surface area (Å²) >= 11 is 0. The van der Waals surface area contributed by atoms with Gasteiger partial charge in [-0.1, -0.05) is 20.3 Å². The predicted octanol–water partition coefficient (Wildman–Crippen LogP) is 2.88. The van der Waals surface area contributed by atoms with Crippen LogP contribution in [0.15, 0.2) is 6.07 Å². The molecule has 1 N–H and O–H groups in total. The average Bonchev–Trinajstić information content (AvgIpc) is 3.20. The van der Waals surface area contributed by atoms with E-state index < -0.39 is 11.4 Å². The molecule has 1 amide bonds. The van der Waals surface area contributed by atoms with Crippen LogP contribution in [0.3, 0.4) is 0 Å². The van der Waals surface area contributed by atoms with E-state index in [2.05, 4.69) is 18.9 Å². The zero-order valence-electron chi connectivity index (χ0n) is 14.8. The Morgan fingerprint density at radius 2 is 2.12 bits per heavy atom. The third-order valence-electron chi connectivity index (χ3n) is 5.95. The normalized spacial score (nSPS) is 26.2. The van der Waals surface area contributed by atoms with Crippen LogP contribution in [0.1, 0.15) is 68.2 Å². The molecule has 0 unspecified atom stereocenters. The number of aromatic nitrogens is 2. The molecular weight excluding hydrogens is 306 g/mol. The topological polar surface area (TPSA) is 75.4 Å². The highest BCUT2D eigenvalue weighted by Gasteiger charge is 2.56. The Labute approximate surface area is 142 Å². The van der Waals surface area contributed by atoms with Gasteiger partial charge >= 0.3 is 5.97 Å². The maximum absolute atomic E-state index is 13.1. The summed E-state index contributed by atoms with van der Waals surface area (Å²) in [5.74, 6) is -0.730. The van der Waals surface area contributed by atoms with Crippen molar-refractivity contribution < 1.29 is 14.7 Å². The van der Waals surface area contributed by atoms with Crippen LogP contribution >= 0.6 is 0 Å². The van der Waals surface area contributed by atoms with Crippen molar-refractivity contribution in [3.8, 4) is 0 Å². The molecule has 1 aliphatic heterocycles. The first kappa shape index (κ1) is 17.0. The predicted molar refractivity (Wildman–Crippen MR) is 89.9 cm³/mol. The number of aliphatic carboxylic acids is 1. The molecule has 0 radical (unpaired) electrons. The van der Waals surface area contributed by atoms with E-state index in [-0.39, 0.29) is 17.9 Å². The number of carboxylic acid groups (broad SMARTS) is 1. The van der Waals surface area contributed by atoms with Gasteiger partial charge in [-0.3, -0.25) is 14.3 Å². The van der Waals surface area contributed by atoms with E-state index in [9.17, 15) is 14.7 Å². The number of hydrogen-bond acceptors (Lipinski definition) is 3. The molecule has 6 nitrogen and oxygen atoms in total. The molecule has 0 aromatic carbocycles. The molecule has 1 saturated heterocycles. The maximum Gasteiger partial charge on any atom is 0.311 e. The number of rotatable bonds is 5. The Hall–Kier alpha value is -1.85. The molecule has 2 atom stereocenters. The summed E-state index contributed by atoms with van der Waals surface area (Å²) in [7, 11) is 0. The minimum absolute atomic E-state index is 0.0717. The second-order valence-electron chi connectivity index (χ2n) is 7.32. The van der Waals surface area contributed by atoms with Crippen LogP contribution in [0.5, 0.6) is 0 Å². The molecule has 2 aliphatic rings. The zero-order valence-corrected chi connectivity index (χ0v) is 14.8. The number of fused-ring (bicyclic) bond motifs is 1. The molecular formula is C18H27N3O3. The number of amides is 1. The first-order chi connectivity index (χ1) is 11.4. The van der Waals surface area contributed by atoms with Gasteiger partial charge in [0, 0.05) is 13.1 Å². The molecule has 6 heteroatoms. The highest BCUT2D eigenvalue weighted by molar-refractivity contribution is 5.94. The van der Waals surface area contributed by atoms with Gasteiger partial charge < -0.3 is 10.0 Å². The number of carboxylic acids is 1. The average molecular weight is 333 g/mol. The monoisotopic (exact) mass is 333 g/mol. The van der Waals surface area contributed by atoms with Crippen LogP contribution in [-0.2, 0) is 4.79 Å². The molecule has 1 saturated carbocycles. The van der Waals surface area contributed by atoms with Crippen molar-refractivity contribution in [2.45, 2.75) is 58.9 Å². The first-order valence-corrected chi connectivity index (χ1v) is 9.01. The lowest BCUT2D eigenvalue weighted by Gasteiger charge is -2.24. The van der Waals surface area contributed by atoms with Crippen molar-refractivity contribution in [1.82, 2.24) is 14.7 Å². The summed E-state index contributed by atoms with van der Waals surface area (Å²) in [5, 5.41) is 14.2. The van der Waals surface area contributed by atoms with Crippen molar-refractivity contribution >= 4 is 11.9 Å². The van der Waals surface area contributed by atoms with E-state index in [0.717, 1.165) is 31.4 Å². The zero-order chi connectivity index (χ0) is 17.5. The van der Waals surface area contributed by atoms with Crippen molar-refractivity contribution in [2.24, 2.45) is 11.3 Å². The fourth-order valence-corrected chi connectivity index (χ4v) is 4.54. The number of nitrogens with zero attached hydrogens (tertiary/aromatic N) is 3. The molecule has 1 aromatic heterocycles. The summed E-state index contributed by atoms with van der Waals surface area (Å²) in [6.45, 7) is 6.97. The Balaban J connectivity index is 1.88. The van der Waals surface area contributed by atoms with E-state index in [1.807, 2.05) is 17.7 Å². The van der Waals surface area contributed by atoms with Crippen molar-refractivity contribution in [3.63, 3.8) is 0 Å². The molecule has 1 aliphatic carbocycles. The van der Waals surface area contributed by atoms with Gasteiger partial charge in [-0.05, 0) is 44.6 Å². The van der Waals surface area contributed by atoms with Crippen molar-refractivity contribution in [1.29, 1.82) is 0 Å². The van der Waals surface area contributed by atoms with E-state index in [4.69, 9.17) is 0 Å². The lowest BCUT2D eigenvalue weighted by molar-refractivity contribution is -0.149. The fraction of sp³-hybridized carbons (Fsp3) is 0.722. The molecule has 2 fully saturated rings. The Morgan fingerprint density at radius 1 is 1.42 bits per heavy atom. The maximum atomic E-state index is 13.1. The van der Waals surface area contributed by atoms with Gasteiger partial charge in [-0.15, -0.1) is 0 Å².